The van der Waals surface area contributed by atoms with E-state index in [0.29, 0.717) is 6.54 Å². The monoisotopic (exact) mass is 377 g/mol. The van der Waals surface area contributed by atoms with Gasteiger partial charge in [0.15, 0.2) is 0 Å². The summed E-state index contributed by atoms with van der Waals surface area (Å²) in [5.74, 6) is 0.509. The Bertz CT molecular complexity index is 632. The maximum atomic E-state index is 13.1. The van der Waals surface area contributed by atoms with Crippen molar-refractivity contribution in [1.82, 2.24) is 0 Å². The summed E-state index contributed by atoms with van der Waals surface area (Å²) in [7, 11) is 2.58. The summed E-state index contributed by atoms with van der Waals surface area (Å²) in [6.07, 6.45) is 15.4. The Morgan fingerprint density at radius 1 is 0.821 bits per heavy atom. The van der Waals surface area contributed by atoms with Gasteiger partial charge in [-0.05, 0) is 75.8 Å². The van der Waals surface area contributed by atoms with Gasteiger partial charge in [0.05, 0.1) is 14.2 Å². The Labute approximate surface area is 168 Å². The smallest absolute Gasteiger partial charge is 0.343 e. The van der Waals surface area contributed by atoms with Crippen molar-refractivity contribution in [2.75, 3.05) is 25.7 Å². The number of anilines is 1. The van der Waals surface area contributed by atoms with Crippen LogP contribution in [-0.2, 0) is 19.1 Å². The van der Waals surface area contributed by atoms with E-state index in [1.165, 1.54) is 14.2 Å². The van der Waals surface area contributed by atoms with Crippen LogP contribution < -0.4 is 4.90 Å². The summed E-state index contributed by atoms with van der Waals surface area (Å²) in [5, 5.41) is 0. The highest BCUT2D eigenvalue weighted by atomic mass is 16.5. The van der Waals surface area contributed by atoms with Gasteiger partial charge in [-0.1, -0.05) is 18.2 Å². The van der Waals surface area contributed by atoms with Crippen LogP contribution in [0.15, 0.2) is 30.3 Å². The van der Waals surface area contributed by atoms with Crippen LogP contribution in [0.3, 0.4) is 0 Å². The molecule has 0 N–H and O–H groups in total. The van der Waals surface area contributed by atoms with Crippen LogP contribution in [0, 0.1) is 63.2 Å². The fraction of sp³-hybridized carbons (Fsp3) is 0.217. The largest absolute Gasteiger partial charge is 0.467 e. The minimum Gasteiger partial charge on any atom is -0.467 e. The number of hydrogen-bond acceptors (Lipinski definition) is 5. The Balaban J connectivity index is 2.07. The fourth-order valence-electron chi connectivity index (χ4n) is 3.46. The molecule has 0 spiro atoms. The van der Waals surface area contributed by atoms with Gasteiger partial charge < -0.3 is 14.4 Å². The molecule has 2 aliphatic rings. The highest BCUT2D eigenvalue weighted by Crippen LogP contribution is 2.39. The molecule has 0 saturated heterocycles. The van der Waals surface area contributed by atoms with E-state index in [9.17, 15) is 9.59 Å². The first-order chi connectivity index (χ1) is 13.6. The van der Waals surface area contributed by atoms with E-state index in [1.807, 2.05) is 81.7 Å². The van der Waals surface area contributed by atoms with Gasteiger partial charge in [-0.25, -0.2) is 9.59 Å². The zero-order chi connectivity index (χ0) is 20.0. The molecule has 3 rings (SSSR count). The van der Waals surface area contributed by atoms with Crippen molar-refractivity contribution < 1.29 is 19.1 Å². The minimum atomic E-state index is -1.66. The molecule has 10 radical (unpaired) electrons. The lowest BCUT2D eigenvalue weighted by molar-refractivity contribution is -0.161. The third-order valence-corrected chi connectivity index (χ3v) is 4.84. The van der Waals surface area contributed by atoms with Gasteiger partial charge in [-0.3, -0.25) is 0 Å². The summed E-state index contributed by atoms with van der Waals surface area (Å²) >= 11 is 0. The van der Waals surface area contributed by atoms with Gasteiger partial charge in [0, 0.05) is 18.2 Å². The molecule has 144 valence electrons. The number of methoxy groups -OCH3 is 2. The third-order valence-electron chi connectivity index (χ3n) is 4.84. The summed E-state index contributed by atoms with van der Waals surface area (Å²) in [6.45, 7) is 0.349. The zero-order valence-corrected chi connectivity index (χ0v) is 16.0. The molecule has 0 unspecified atom stereocenters. The highest BCUT2D eigenvalue weighted by molar-refractivity contribution is 6.09. The van der Waals surface area contributed by atoms with Gasteiger partial charge in [0.25, 0.3) is 0 Å². The second kappa shape index (κ2) is 9.44. The lowest BCUT2D eigenvalue weighted by atomic mass is 9.83. The summed E-state index contributed by atoms with van der Waals surface area (Å²) < 4.78 is 10.3. The van der Waals surface area contributed by atoms with Gasteiger partial charge in [-0.2, -0.15) is 0 Å². The number of benzene rings is 1. The lowest BCUT2D eigenvalue weighted by Crippen LogP contribution is -2.63. The first-order valence-electron chi connectivity index (χ1n) is 9.02. The number of carbonyl (C=O) groups is 2. The van der Waals surface area contributed by atoms with Gasteiger partial charge in [0.1, 0.15) is 0 Å². The van der Waals surface area contributed by atoms with E-state index >= 15 is 0 Å². The molecule has 1 aromatic carbocycles. The second-order valence-corrected chi connectivity index (χ2v) is 6.53. The van der Waals surface area contributed by atoms with Gasteiger partial charge in [0.2, 0.25) is 5.54 Å². The predicted molar refractivity (Wildman–Crippen MR) is 106 cm³/mol. The predicted octanol–water partition coefficient (Wildman–Crippen LogP) is 2.78. The summed E-state index contributed by atoms with van der Waals surface area (Å²) in [6, 6.07) is 9.37. The van der Waals surface area contributed by atoms with E-state index in [2.05, 4.69) is 0 Å². The average Bonchev–Trinajstić information content (AvgIpc) is 3.44. The number of rotatable bonds is 8. The van der Waals surface area contributed by atoms with Crippen molar-refractivity contribution in [3.05, 3.63) is 93.5 Å². The third kappa shape index (κ3) is 4.18. The zero-order valence-electron chi connectivity index (χ0n) is 16.0. The summed E-state index contributed by atoms with van der Waals surface area (Å²) in [4.78, 5) is 28.0. The van der Waals surface area contributed by atoms with Crippen LogP contribution >= 0.6 is 0 Å². The van der Waals surface area contributed by atoms with Crippen LogP contribution in [0.2, 0.25) is 0 Å². The molecule has 5 heteroatoms. The standard InChI is InChI=1S/C23H23NO4/c1-27-21(25)23(22(26)28-2,16-18-10-6-7-11-18)24(17-19-12-8-9-13-19)20-14-4-3-5-15-20/h3-15H,16-17H2,1-2H3. The molecular formula is C23H23NO4. The van der Waals surface area contributed by atoms with Crippen molar-refractivity contribution in [3.8, 4) is 0 Å². The first kappa shape index (κ1) is 20.7. The van der Waals surface area contributed by atoms with Crippen LogP contribution in [0.25, 0.3) is 0 Å². The number of carbonyl (C=O) groups excluding carboxylic acids is 2. The Hall–Kier alpha value is -2.04. The van der Waals surface area contributed by atoms with Crippen LogP contribution in [0.4, 0.5) is 5.69 Å². The molecule has 0 aromatic heterocycles. The maximum Gasteiger partial charge on any atom is 0.343 e. The molecule has 1 aromatic rings. The van der Waals surface area contributed by atoms with Gasteiger partial charge in [-0.15, -0.1) is 0 Å². The van der Waals surface area contributed by atoms with E-state index in [1.54, 1.807) is 4.90 Å². The number of nitrogens with zero attached hydrogens (tertiary/aromatic N) is 1. The second-order valence-electron chi connectivity index (χ2n) is 6.53. The van der Waals surface area contributed by atoms with Crippen molar-refractivity contribution >= 4 is 17.6 Å². The SMILES string of the molecule is COC(=O)C(C[C]1[CH][CH][CH][CH]1)(C(=O)OC)N(C[C]1[CH][CH][CH][CH]1)c1ccccc1. The lowest BCUT2D eigenvalue weighted by Gasteiger charge is -2.43. The number of ether oxygens (including phenoxy) is 2. The number of esters is 2. The maximum absolute atomic E-state index is 13.1. The van der Waals surface area contributed by atoms with Crippen LogP contribution in [0.5, 0.6) is 0 Å². The Kier molecular flexibility index (Phi) is 6.97. The van der Waals surface area contributed by atoms with Crippen molar-refractivity contribution in [3.63, 3.8) is 0 Å². The quantitative estimate of drug-likeness (QED) is 0.515. The number of para-hydroxylation sites is 1. The van der Waals surface area contributed by atoms with E-state index in [0.717, 1.165) is 17.5 Å². The van der Waals surface area contributed by atoms with Crippen molar-refractivity contribution in [1.29, 1.82) is 0 Å². The first-order valence-corrected chi connectivity index (χ1v) is 9.02. The molecule has 0 atom stereocenters. The Morgan fingerprint density at radius 3 is 1.82 bits per heavy atom. The molecule has 2 fully saturated rings. The highest BCUT2D eigenvalue weighted by Gasteiger charge is 2.55. The van der Waals surface area contributed by atoms with Crippen LogP contribution in [0.1, 0.15) is 6.42 Å². The minimum absolute atomic E-state index is 0.134. The summed E-state index contributed by atoms with van der Waals surface area (Å²) in [5.41, 5.74) is -0.928. The molecule has 0 bridgehead atoms. The fourth-order valence-corrected chi connectivity index (χ4v) is 3.46. The molecule has 0 aliphatic heterocycles. The van der Waals surface area contributed by atoms with Crippen LogP contribution in [-0.4, -0.2) is 38.2 Å². The molecule has 2 aliphatic carbocycles. The normalized spacial score (nSPS) is 18.2. The molecular weight excluding hydrogens is 354 g/mol. The van der Waals surface area contributed by atoms with E-state index in [-0.39, 0.29) is 6.42 Å². The topological polar surface area (TPSA) is 55.8 Å². The molecule has 28 heavy (non-hydrogen) atoms. The Morgan fingerprint density at radius 2 is 1.32 bits per heavy atom. The van der Waals surface area contributed by atoms with E-state index < -0.39 is 17.5 Å². The van der Waals surface area contributed by atoms with Crippen molar-refractivity contribution in [2.24, 2.45) is 0 Å². The van der Waals surface area contributed by atoms with Crippen molar-refractivity contribution in [2.45, 2.75) is 12.0 Å². The number of hydrogen-bond donors (Lipinski definition) is 0. The molecule has 5 nitrogen and oxygen atoms in total. The molecule has 0 amide bonds. The van der Waals surface area contributed by atoms with E-state index in [4.69, 9.17) is 9.47 Å². The average molecular weight is 377 g/mol. The molecule has 0 heterocycles. The van der Waals surface area contributed by atoms with Gasteiger partial charge >= 0.3 is 11.9 Å². The molecule has 2 saturated carbocycles.